The summed E-state index contributed by atoms with van der Waals surface area (Å²) in [6.07, 6.45) is -1.18. The van der Waals surface area contributed by atoms with Gasteiger partial charge in [-0.1, -0.05) is 5.16 Å². The molecule has 3 rings (SSSR count). The maximum atomic E-state index is 12.9. The molecule has 2 aliphatic rings. The third kappa shape index (κ3) is 1.87. The predicted molar refractivity (Wildman–Crippen MR) is 66.7 cm³/mol. The average molecular weight is 292 g/mol. The highest BCUT2D eigenvalue weighted by Gasteiger charge is 2.57. The molecule has 0 radical (unpaired) electrons. The quantitative estimate of drug-likeness (QED) is 0.576. The standard InChI is InChI=1S/C13H9FN2O5/c1-20-13(19)9-8-10(21-15-9)12(18)16(11(8)17)7-4-2-6(14)3-5-7/h2-5,8,10H,1H3/t8-,10-/m0/s1. The second-order valence-corrected chi connectivity index (χ2v) is 4.46. The molecule has 0 spiro atoms. The van der Waals surface area contributed by atoms with E-state index in [4.69, 9.17) is 4.84 Å². The number of esters is 1. The molecule has 2 aliphatic heterocycles. The van der Waals surface area contributed by atoms with Gasteiger partial charge in [-0.25, -0.2) is 14.1 Å². The molecular weight excluding hydrogens is 283 g/mol. The lowest BCUT2D eigenvalue weighted by Gasteiger charge is -2.14. The Morgan fingerprint density at radius 2 is 1.95 bits per heavy atom. The van der Waals surface area contributed by atoms with Crippen molar-refractivity contribution in [1.29, 1.82) is 0 Å². The van der Waals surface area contributed by atoms with Crippen LogP contribution in [0.3, 0.4) is 0 Å². The summed E-state index contributed by atoms with van der Waals surface area (Å²) < 4.78 is 17.4. The number of rotatable bonds is 2. The zero-order valence-corrected chi connectivity index (χ0v) is 10.8. The first-order valence-electron chi connectivity index (χ1n) is 6.00. The second-order valence-electron chi connectivity index (χ2n) is 4.46. The molecule has 2 amide bonds. The van der Waals surface area contributed by atoms with E-state index in [1.54, 1.807) is 0 Å². The normalized spacial score (nSPS) is 23.7. The summed E-state index contributed by atoms with van der Waals surface area (Å²) in [6.45, 7) is 0. The molecule has 1 aromatic rings. The third-order valence-corrected chi connectivity index (χ3v) is 3.29. The van der Waals surface area contributed by atoms with Gasteiger partial charge >= 0.3 is 5.97 Å². The maximum absolute atomic E-state index is 12.9. The average Bonchev–Trinajstić information content (AvgIpc) is 3.01. The molecule has 2 heterocycles. The molecule has 1 aromatic carbocycles. The van der Waals surface area contributed by atoms with Gasteiger partial charge in [0, 0.05) is 0 Å². The van der Waals surface area contributed by atoms with Crippen molar-refractivity contribution in [1.82, 2.24) is 0 Å². The van der Waals surface area contributed by atoms with Gasteiger partial charge in [-0.3, -0.25) is 9.59 Å². The van der Waals surface area contributed by atoms with Crippen molar-refractivity contribution in [2.45, 2.75) is 6.10 Å². The van der Waals surface area contributed by atoms with E-state index >= 15 is 0 Å². The van der Waals surface area contributed by atoms with E-state index in [1.807, 2.05) is 0 Å². The van der Waals surface area contributed by atoms with Gasteiger partial charge in [0.15, 0.2) is 5.71 Å². The monoisotopic (exact) mass is 292 g/mol. The van der Waals surface area contributed by atoms with Crippen LogP contribution in [0.25, 0.3) is 0 Å². The van der Waals surface area contributed by atoms with Gasteiger partial charge in [-0.05, 0) is 24.3 Å². The van der Waals surface area contributed by atoms with Crippen LogP contribution in [0.15, 0.2) is 29.4 Å². The van der Waals surface area contributed by atoms with Crippen molar-refractivity contribution in [2.75, 3.05) is 12.0 Å². The van der Waals surface area contributed by atoms with Gasteiger partial charge in [0.25, 0.3) is 5.91 Å². The fourth-order valence-electron chi connectivity index (χ4n) is 2.30. The molecule has 2 atom stereocenters. The van der Waals surface area contributed by atoms with Crippen LogP contribution >= 0.6 is 0 Å². The molecule has 8 heteroatoms. The lowest BCUT2D eigenvalue weighted by molar-refractivity contribution is -0.133. The van der Waals surface area contributed by atoms with Crippen LogP contribution in [0.1, 0.15) is 0 Å². The molecule has 0 aromatic heterocycles. The van der Waals surface area contributed by atoms with Crippen LogP contribution < -0.4 is 4.90 Å². The number of methoxy groups -OCH3 is 1. The molecule has 7 nitrogen and oxygen atoms in total. The molecule has 0 bridgehead atoms. The van der Waals surface area contributed by atoms with Crippen molar-refractivity contribution >= 4 is 29.2 Å². The summed E-state index contributed by atoms with van der Waals surface area (Å²) in [6, 6.07) is 4.84. The minimum Gasteiger partial charge on any atom is -0.464 e. The Labute approximate surface area is 117 Å². The van der Waals surface area contributed by atoms with Gasteiger partial charge in [0.2, 0.25) is 12.0 Å². The van der Waals surface area contributed by atoms with Crippen LogP contribution in [0.2, 0.25) is 0 Å². The van der Waals surface area contributed by atoms with Crippen molar-refractivity contribution < 1.29 is 28.3 Å². The molecule has 108 valence electrons. The Bertz CT molecular complexity index is 670. The SMILES string of the molecule is COC(=O)C1=NO[C@@H]2C(=O)N(c3ccc(F)cc3)C(=O)[C@@H]12. The number of nitrogens with zero attached hydrogens (tertiary/aromatic N) is 2. The number of carbonyl (C=O) groups is 3. The summed E-state index contributed by atoms with van der Waals surface area (Å²) in [7, 11) is 1.14. The van der Waals surface area contributed by atoms with E-state index in [1.165, 1.54) is 12.1 Å². The minimum atomic E-state index is -1.18. The van der Waals surface area contributed by atoms with Crippen LogP contribution in [0.5, 0.6) is 0 Å². The van der Waals surface area contributed by atoms with Gasteiger partial charge in [-0.15, -0.1) is 0 Å². The van der Waals surface area contributed by atoms with E-state index in [0.717, 1.165) is 24.1 Å². The maximum Gasteiger partial charge on any atom is 0.356 e. The van der Waals surface area contributed by atoms with E-state index in [9.17, 15) is 18.8 Å². The number of ether oxygens (including phenoxy) is 1. The molecule has 0 aliphatic carbocycles. The molecule has 0 unspecified atom stereocenters. The number of halogens is 1. The minimum absolute atomic E-state index is 0.202. The fourth-order valence-corrected chi connectivity index (χ4v) is 2.30. The Balaban J connectivity index is 1.95. The van der Waals surface area contributed by atoms with Gasteiger partial charge < -0.3 is 9.57 Å². The molecule has 1 fully saturated rings. The van der Waals surface area contributed by atoms with Crippen molar-refractivity contribution in [2.24, 2.45) is 11.1 Å². The van der Waals surface area contributed by atoms with Crippen LogP contribution in [0, 0.1) is 11.7 Å². The molecule has 0 saturated carbocycles. The van der Waals surface area contributed by atoms with E-state index in [0.29, 0.717) is 0 Å². The number of fused-ring (bicyclic) bond motifs is 1. The van der Waals surface area contributed by atoms with E-state index < -0.39 is 35.6 Å². The van der Waals surface area contributed by atoms with Gasteiger partial charge in [-0.2, -0.15) is 0 Å². The zero-order chi connectivity index (χ0) is 15.1. The zero-order valence-electron chi connectivity index (χ0n) is 10.8. The summed E-state index contributed by atoms with van der Waals surface area (Å²) in [5.41, 5.74) is -0.0425. The molecular formula is C13H9FN2O5. The van der Waals surface area contributed by atoms with Gasteiger partial charge in [0.1, 0.15) is 11.7 Å². The highest BCUT2D eigenvalue weighted by atomic mass is 19.1. The fraction of sp³-hybridized carbons (Fsp3) is 0.231. The summed E-state index contributed by atoms with van der Waals surface area (Å²) in [5, 5.41) is 3.45. The topological polar surface area (TPSA) is 85.3 Å². The number of oxime groups is 1. The van der Waals surface area contributed by atoms with Crippen LogP contribution in [-0.4, -0.2) is 36.7 Å². The van der Waals surface area contributed by atoms with E-state index in [2.05, 4.69) is 9.89 Å². The largest absolute Gasteiger partial charge is 0.464 e. The number of benzene rings is 1. The second kappa shape index (κ2) is 4.65. The molecule has 21 heavy (non-hydrogen) atoms. The molecule has 0 N–H and O–H groups in total. The summed E-state index contributed by atoms with van der Waals surface area (Å²) in [5.74, 6) is -3.76. The summed E-state index contributed by atoms with van der Waals surface area (Å²) in [4.78, 5) is 41.8. The predicted octanol–water partition coefficient (Wildman–Crippen LogP) is 0.243. The Hall–Kier alpha value is -2.77. The lowest BCUT2D eigenvalue weighted by Crippen LogP contribution is -2.34. The smallest absolute Gasteiger partial charge is 0.356 e. The number of hydrogen-bond acceptors (Lipinski definition) is 6. The van der Waals surface area contributed by atoms with Crippen molar-refractivity contribution in [3.63, 3.8) is 0 Å². The first-order valence-corrected chi connectivity index (χ1v) is 6.00. The van der Waals surface area contributed by atoms with Crippen LogP contribution in [0.4, 0.5) is 10.1 Å². The highest BCUT2D eigenvalue weighted by molar-refractivity contribution is 6.46. The third-order valence-electron chi connectivity index (χ3n) is 3.29. The molecule has 1 saturated heterocycles. The lowest BCUT2D eigenvalue weighted by atomic mass is 10.00. The van der Waals surface area contributed by atoms with Crippen LogP contribution in [-0.2, 0) is 24.0 Å². The van der Waals surface area contributed by atoms with Crippen molar-refractivity contribution in [3.8, 4) is 0 Å². The Morgan fingerprint density at radius 3 is 2.57 bits per heavy atom. The Kier molecular flexibility index (Phi) is 2.93. The number of carbonyl (C=O) groups excluding carboxylic acids is 3. The first kappa shape index (κ1) is 13.2. The van der Waals surface area contributed by atoms with Crippen molar-refractivity contribution in [3.05, 3.63) is 30.1 Å². The number of hydrogen-bond donors (Lipinski definition) is 0. The summed E-state index contributed by atoms with van der Waals surface area (Å²) >= 11 is 0. The number of anilines is 1. The van der Waals surface area contributed by atoms with E-state index in [-0.39, 0.29) is 11.4 Å². The first-order chi connectivity index (χ1) is 10.0. The Morgan fingerprint density at radius 1 is 1.29 bits per heavy atom. The number of imide groups is 1. The highest BCUT2D eigenvalue weighted by Crippen LogP contribution is 2.33. The number of amides is 2. The van der Waals surface area contributed by atoms with Gasteiger partial charge in [0.05, 0.1) is 12.8 Å².